The second kappa shape index (κ2) is 8.38. The van der Waals surface area contributed by atoms with Crippen molar-refractivity contribution in [1.29, 1.82) is 0 Å². The molecule has 29 heavy (non-hydrogen) atoms. The Morgan fingerprint density at radius 1 is 1.14 bits per heavy atom. The van der Waals surface area contributed by atoms with Gasteiger partial charge in [-0.2, -0.15) is 0 Å². The van der Waals surface area contributed by atoms with Gasteiger partial charge in [-0.05, 0) is 49.1 Å². The van der Waals surface area contributed by atoms with Crippen molar-refractivity contribution in [3.05, 3.63) is 48.7 Å². The number of benzene rings is 1. The Labute approximate surface area is 167 Å². The molecule has 0 atom stereocenters. The third-order valence-corrected chi connectivity index (χ3v) is 5.25. The predicted molar refractivity (Wildman–Crippen MR) is 107 cm³/mol. The molecule has 1 aliphatic rings. The first-order valence-corrected chi connectivity index (χ1v) is 9.74. The molecule has 1 saturated carbocycles. The third kappa shape index (κ3) is 4.42. The highest BCUT2D eigenvalue weighted by Crippen LogP contribution is 2.33. The van der Waals surface area contributed by atoms with Crippen LogP contribution in [0.2, 0.25) is 0 Å². The molecule has 0 unspecified atom stereocenters. The zero-order chi connectivity index (χ0) is 20.2. The molecular weight excluding hydrogens is 373 g/mol. The summed E-state index contributed by atoms with van der Waals surface area (Å²) in [4.78, 5) is 23.9. The van der Waals surface area contributed by atoms with Gasteiger partial charge in [0.15, 0.2) is 0 Å². The fourth-order valence-corrected chi connectivity index (χ4v) is 3.90. The molecule has 0 radical (unpaired) electrons. The summed E-state index contributed by atoms with van der Waals surface area (Å²) in [5.41, 5.74) is 2.80. The van der Waals surface area contributed by atoms with Crippen LogP contribution in [0.25, 0.3) is 22.6 Å². The first-order chi connectivity index (χ1) is 14.1. The van der Waals surface area contributed by atoms with E-state index in [-0.39, 0.29) is 11.8 Å². The number of nitrogens with zero attached hydrogens (tertiary/aromatic N) is 4. The fraction of sp³-hybridized carbons (Fsp3) is 0.333. The quantitative estimate of drug-likeness (QED) is 0.646. The van der Waals surface area contributed by atoms with Gasteiger partial charge in [0.1, 0.15) is 5.82 Å². The number of halogens is 1. The molecule has 4 rings (SSSR count). The number of nitrogens with one attached hydrogen (secondary N) is 1. The summed E-state index contributed by atoms with van der Waals surface area (Å²) in [7, 11) is 0. The molecule has 0 bridgehead atoms. The number of amides is 1. The molecule has 0 saturated heterocycles. The SMILES string of the molecule is O=C(O)Nc1nccc(-c2c(-c3ccc(F)cc3)ncn2CC2CCCCC2)n1. The molecule has 8 heteroatoms. The van der Waals surface area contributed by atoms with Crippen LogP contribution in [0, 0.1) is 11.7 Å². The van der Waals surface area contributed by atoms with E-state index in [1.54, 1.807) is 24.5 Å². The normalized spacial score (nSPS) is 14.7. The molecule has 1 aromatic carbocycles. The van der Waals surface area contributed by atoms with Crippen LogP contribution in [0.4, 0.5) is 15.1 Å². The average Bonchev–Trinajstić information content (AvgIpc) is 3.12. The number of rotatable bonds is 5. The molecule has 2 N–H and O–H groups in total. The minimum Gasteiger partial charge on any atom is -0.465 e. The number of carboxylic acid groups (broad SMARTS) is 1. The van der Waals surface area contributed by atoms with Crippen LogP contribution in [0.5, 0.6) is 0 Å². The summed E-state index contributed by atoms with van der Waals surface area (Å²) in [6, 6.07) is 7.90. The van der Waals surface area contributed by atoms with Crippen LogP contribution in [-0.2, 0) is 6.54 Å². The van der Waals surface area contributed by atoms with Crippen molar-refractivity contribution in [2.24, 2.45) is 5.92 Å². The Hall–Kier alpha value is -3.29. The van der Waals surface area contributed by atoms with E-state index < -0.39 is 6.09 Å². The smallest absolute Gasteiger partial charge is 0.411 e. The van der Waals surface area contributed by atoms with Crippen molar-refractivity contribution in [3.63, 3.8) is 0 Å². The zero-order valence-corrected chi connectivity index (χ0v) is 15.9. The lowest BCUT2D eigenvalue weighted by atomic mass is 9.89. The van der Waals surface area contributed by atoms with E-state index in [9.17, 15) is 9.18 Å². The number of hydrogen-bond donors (Lipinski definition) is 2. The Morgan fingerprint density at radius 2 is 1.90 bits per heavy atom. The topological polar surface area (TPSA) is 92.9 Å². The maximum Gasteiger partial charge on any atom is 0.411 e. The summed E-state index contributed by atoms with van der Waals surface area (Å²) in [5.74, 6) is 0.258. The highest BCUT2D eigenvalue weighted by atomic mass is 19.1. The molecule has 3 aromatic rings. The van der Waals surface area contributed by atoms with Crippen molar-refractivity contribution in [3.8, 4) is 22.6 Å². The van der Waals surface area contributed by atoms with Crippen molar-refractivity contribution in [1.82, 2.24) is 19.5 Å². The Morgan fingerprint density at radius 3 is 2.62 bits per heavy atom. The van der Waals surface area contributed by atoms with E-state index in [0.29, 0.717) is 17.3 Å². The molecule has 0 spiro atoms. The van der Waals surface area contributed by atoms with Crippen molar-refractivity contribution in [2.45, 2.75) is 38.6 Å². The highest BCUT2D eigenvalue weighted by molar-refractivity contribution is 5.81. The van der Waals surface area contributed by atoms with Gasteiger partial charge in [0.05, 0.1) is 23.4 Å². The maximum atomic E-state index is 13.4. The van der Waals surface area contributed by atoms with Crippen LogP contribution < -0.4 is 5.32 Å². The van der Waals surface area contributed by atoms with Gasteiger partial charge in [-0.15, -0.1) is 0 Å². The number of aromatic nitrogens is 4. The Bertz CT molecular complexity index is 997. The number of carbonyl (C=O) groups is 1. The minimum absolute atomic E-state index is 0.00507. The van der Waals surface area contributed by atoms with Gasteiger partial charge in [0.2, 0.25) is 5.95 Å². The molecule has 1 amide bonds. The van der Waals surface area contributed by atoms with Gasteiger partial charge in [-0.25, -0.2) is 24.1 Å². The van der Waals surface area contributed by atoms with Gasteiger partial charge in [0.25, 0.3) is 0 Å². The lowest BCUT2D eigenvalue weighted by molar-refractivity contribution is 0.209. The van der Waals surface area contributed by atoms with Crippen LogP contribution in [-0.4, -0.2) is 30.7 Å². The van der Waals surface area contributed by atoms with Gasteiger partial charge < -0.3 is 9.67 Å². The molecule has 7 nitrogen and oxygen atoms in total. The first-order valence-electron chi connectivity index (χ1n) is 9.74. The van der Waals surface area contributed by atoms with Gasteiger partial charge in [-0.1, -0.05) is 19.3 Å². The average molecular weight is 395 g/mol. The van der Waals surface area contributed by atoms with Crippen LogP contribution >= 0.6 is 0 Å². The highest BCUT2D eigenvalue weighted by Gasteiger charge is 2.21. The summed E-state index contributed by atoms with van der Waals surface area (Å²) < 4.78 is 15.5. The second-order valence-electron chi connectivity index (χ2n) is 7.30. The predicted octanol–water partition coefficient (Wildman–Crippen LogP) is 4.82. The number of anilines is 1. The molecule has 1 fully saturated rings. The fourth-order valence-electron chi connectivity index (χ4n) is 3.90. The van der Waals surface area contributed by atoms with E-state index >= 15 is 0 Å². The lowest BCUT2D eigenvalue weighted by Crippen LogP contribution is -2.15. The molecule has 0 aliphatic heterocycles. The lowest BCUT2D eigenvalue weighted by Gasteiger charge is -2.23. The second-order valence-corrected chi connectivity index (χ2v) is 7.30. The molecule has 2 heterocycles. The largest absolute Gasteiger partial charge is 0.465 e. The van der Waals surface area contributed by atoms with E-state index in [2.05, 4.69) is 24.8 Å². The summed E-state index contributed by atoms with van der Waals surface area (Å²) >= 11 is 0. The Kier molecular flexibility index (Phi) is 5.50. The number of hydrogen-bond acceptors (Lipinski definition) is 4. The van der Waals surface area contributed by atoms with E-state index in [1.165, 1.54) is 50.4 Å². The van der Waals surface area contributed by atoms with Crippen LogP contribution in [0.1, 0.15) is 32.1 Å². The third-order valence-electron chi connectivity index (χ3n) is 5.25. The van der Waals surface area contributed by atoms with E-state index in [0.717, 1.165) is 17.8 Å². The van der Waals surface area contributed by atoms with Gasteiger partial charge in [-0.3, -0.25) is 5.32 Å². The first kappa shape index (κ1) is 19.0. The van der Waals surface area contributed by atoms with Crippen molar-refractivity contribution in [2.75, 3.05) is 5.32 Å². The van der Waals surface area contributed by atoms with Gasteiger partial charge in [0, 0.05) is 18.3 Å². The molecular formula is C21H22FN5O2. The minimum atomic E-state index is -1.23. The summed E-state index contributed by atoms with van der Waals surface area (Å²) in [6.45, 7) is 0.815. The molecule has 2 aromatic heterocycles. The maximum absolute atomic E-state index is 13.4. The monoisotopic (exact) mass is 395 g/mol. The van der Waals surface area contributed by atoms with Crippen LogP contribution in [0.15, 0.2) is 42.9 Å². The summed E-state index contributed by atoms with van der Waals surface area (Å²) in [6.07, 6.45) is 8.19. The Balaban J connectivity index is 1.76. The van der Waals surface area contributed by atoms with Gasteiger partial charge >= 0.3 is 6.09 Å². The number of imidazole rings is 1. The standard InChI is InChI=1S/C21H22FN5O2/c22-16-8-6-15(7-9-16)18-19(17-10-11-23-20(25-17)26-21(28)29)27(13-24-18)12-14-4-2-1-3-5-14/h6-11,13-14H,1-5,12H2,(H,28,29)(H,23,25,26). The molecule has 150 valence electrons. The van der Waals surface area contributed by atoms with Crippen LogP contribution in [0.3, 0.4) is 0 Å². The summed E-state index contributed by atoms with van der Waals surface area (Å²) in [5, 5.41) is 11.2. The zero-order valence-electron chi connectivity index (χ0n) is 15.9. The molecule has 1 aliphatic carbocycles. The van der Waals surface area contributed by atoms with E-state index in [1.807, 2.05) is 0 Å². The van der Waals surface area contributed by atoms with Crippen molar-refractivity contribution >= 4 is 12.0 Å². The van der Waals surface area contributed by atoms with E-state index in [4.69, 9.17) is 5.11 Å². The van der Waals surface area contributed by atoms with Crippen molar-refractivity contribution < 1.29 is 14.3 Å².